The van der Waals surface area contributed by atoms with Crippen molar-refractivity contribution >= 4 is 23.6 Å². The average molecular weight is 475 g/mol. The lowest BCUT2D eigenvalue weighted by atomic mass is 10.1. The Hall–Kier alpha value is -3.82. The maximum Gasteiger partial charge on any atom is 0.339 e. The highest BCUT2D eigenvalue weighted by molar-refractivity contribution is 6.04. The fraction of sp³-hybridized carbons (Fsp3) is 0.417. The molecule has 0 fully saturated rings. The number of carbonyl (C=O) groups excluding carboxylic acids is 4. The minimum atomic E-state index is -1.14. The number of esters is 2. The Morgan fingerprint density at radius 1 is 1.03 bits per heavy atom. The van der Waals surface area contributed by atoms with E-state index < -0.39 is 36.3 Å². The molecule has 1 heterocycles. The lowest BCUT2D eigenvalue weighted by molar-refractivity contribution is -0.145. The van der Waals surface area contributed by atoms with E-state index in [9.17, 15) is 19.2 Å². The third-order valence-corrected chi connectivity index (χ3v) is 4.95. The molecule has 2 N–H and O–H groups in total. The molecule has 34 heavy (non-hydrogen) atoms. The molecule has 0 aliphatic carbocycles. The summed E-state index contributed by atoms with van der Waals surface area (Å²) in [5.41, 5.74) is 1.57. The molecule has 1 aromatic carbocycles. The first-order valence-electron chi connectivity index (χ1n) is 10.8. The number of benzene rings is 1. The molecule has 0 aliphatic heterocycles. The molecule has 0 spiro atoms. The van der Waals surface area contributed by atoms with Gasteiger partial charge in [-0.2, -0.15) is 0 Å². The number of nitrogens with one attached hydrogen (secondary N) is 2. The van der Waals surface area contributed by atoms with Gasteiger partial charge in [-0.1, -0.05) is 0 Å². The van der Waals surface area contributed by atoms with Crippen LogP contribution in [0.4, 0.5) is 0 Å². The number of ketones is 1. The van der Waals surface area contributed by atoms with Crippen LogP contribution in [-0.4, -0.2) is 61.6 Å². The van der Waals surface area contributed by atoms with Gasteiger partial charge in [0.25, 0.3) is 5.91 Å². The Labute approximate surface area is 197 Å². The Balaban J connectivity index is 2.00. The van der Waals surface area contributed by atoms with E-state index in [4.69, 9.17) is 18.9 Å². The number of aryl methyl sites for hydroxylation is 1. The Bertz CT molecular complexity index is 1070. The molecular formula is C24H30N2O8. The van der Waals surface area contributed by atoms with E-state index >= 15 is 0 Å². The number of aromatic nitrogens is 1. The quantitative estimate of drug-likeness (QED) is 0.375. The Morgan fingerprint density at radius 3 is 2.29 bits per heavy atom. The molecule has 0 radical (unpaired) electrons. The van der Waals surface area contributed by atoms with Crippen molar-refractivity contribution in [1.82, 2.24) is 10.3 Å². The predicted molar refractivity (Wildman–Crippen MR) is 123 cm³/mol. The van der Waals surface area contributed by atoms with E-state index in [1.807, 2.05) is 13.8 Å². The van der Waals surface area contributed by atoms with Crippen molar-refractivity contribution in [3.05, 3.63) is 46.3 Å². The minimum Gasteiger partial charge on any atom is -0.490 e. The van der Waals surface area contributed by atoms with Crippen LogP contribution in [0.1, 0.15) is 63.2 Å². The number of ether oxygens (including phenoxy) is 4. The van der Waals surface area contributed by atoms with Crippen molar-refractivity contribution in [3.8, 4) is 11.5 Å². The molecule has 1 unspecified atom stereocenters. The summed E-state index contributed by atoms with van der Waals surface area (Å²) in [6.07, 6.45) is -1.14. The molecule has 2 aromatic rings. The van der Waals surface area contributed by atoms with Crippen LogP contribution in [0.5, 0.6) is 11.5 Å². The standard InChI is InChI=1S/C24H30N2O8/c1-7-32-17-10-9-16(11-18(17)33-8-2)23(29)25-12-19(27)34-15(5)22(28)21-13(3)20(14(4)26-21)24(30)31-6/h9-11,15,26H,7-8,12H2,1-6H3,(H,25,29). The van der Waals surface area contributed by atoms with Crippen LogP contribution >= 0.6 is 0 Å². The molecule has 184 valence electrons. The van der Waals surface area contributed by atoms with Crippen LogP contribution in [-0.2, 0) is 14.3 Å². The second kappa shape index (κ2) is 11.9. The van der Waals surface area contributed by atoms with Gasteiger partial charge in [0, 0.05) is 11.3 Å². The van der Waals surface area contributed by atoms with Crippen LogP contribution < -0.4 is 14.8 Å². The molecule has 0 aliphatic rings. The summed E-state index contributed by atoms with van der Waals surface area (Å²) >= 11 is 0. The van der Waals surface area contributed by atoms with Crippen molar-refractivity contribution in [2.24, 2.45) is 0 Å². The van der Waals surface area contributed by atoms with Crippen molar-refractivity contribution < 1.29 is 38.1 Å². The zero-order chi connectivity index (χ0) is 25.4. The van der Waals surface area contributed by atoms with Gasteiger partial charge in [-0.15, -0.1) is 0 Å². The van der Waals surface area contributed by atoms with Crippen molar-refractivity contribution in [2.45, 2.75) is 40.7 Å². The van der Waals surface area contributed by atoms with Gasteiger partial charge in [-0.25, -0.2) is 4.79 Å². The number of Topliss-reactive ketones (excluding diaryl/α,β-unsaturated/α-hetero) is 1. The van der Waals surface area contributed by atoms with Gasteiger partial charge >= 0.3 is 11.9 Å². The van der Waals surface area contributed by atoms with Crippen LogP contribution in [0, 0.1) is 13.8 Å². The molecule has 0 saturated heterocycles. The second-order valence-corrected chi connectivity index (χ2v) is 7.32. The lowest BCUT2D eigenvalue weighted by Crippen LogP contribution is -2.34. The number of hydrogen-bond donors (Lipinski definition) is 2. The van der Waals surface area contributed by atoms with E-state index in [-0.39, 0.29) is 16.8 Å². The third kappa shape index (κ3) is 6.15. The minimum absolute atomic E-state index is 0.153. The van der Waals surface area contributed by atoms with Gasteiger partial charge < -0.3 is 29.2 Å². The van der Waals surface area contributed by atoms with E-state index in [2.05, 4.69) is 10.3 Å². The topological polar surface area (TPSA) is 133 Å². The zero-order valence-electron chi connectivity index (χ0n) is 20.2. The maximum atomic E-state index is 12.7. The second-order valence-electron chi connectivity index (χ2n) is 7.32. The number of H-pyrrole nitrogens is 1. The van der Waals surface area contributed by atoms with E-state index in [0.29, 0.717) is 36.0 Å². The summed E-state index contributed by atoms with van der Waals surface area (Å²) in [5.74, 6) is -1.46. The number of hydrogen-bond acceptors (Lipinski definition) is 8. The summed E-state index contributed by atoms with van der Waals surface area (Å²) in [6, 6.07) is 4.69. The van der Waals surface area contributed by atoms with Crippen molar-refractivity contribution in [2.75, 3.05) is 26.9 Å². The molecule has 1 atom stereocenters. The van der Waals surface area contributed by atoms with Gasteiger partial charge in [0.2, 0.25) is 5.78 Å². The predicted octanol–water partition coefficient (Wildman–Crippen LogP) is 2.76. The van der Waals surface area contributed by atoms with Gasteiger partial charge in [0.05, 0.1) is 31.6 Å². The first-order chi connectivity index (χ1) is 16.1. The smallest absolute Gasteiger partial charge is 0.339 e. The highest BCUT2D eigenvalue weighted by Crippen LogP contribution is 2.28. The molecule has 1 aromatic heterocycles. The highest BCUT2D eigenvalue weighted by Gasteiger charge is 2.27. The molecule has 2 rings (SSSR count). The number of methoxy groups -OCH3 is 1. The monoisotopic (exact) mass is 474 g/mol. The van der Waals surface area contributed by atoms with Crippen molar-refractivity contribution in [3.63, 3.8) is 0 Å². The molecular weight excluding hydrogens is 444 g/mol. The van der Waals surface area contributed by atoms with Crippen LogP contribution in [0.15, 0.2) is 18.2 Å². The SMILES string of the molecule is CCOc1ccc(C(=O)NCC(=O)OC(C)C(=O)c2[nH]c(C)c(C(=O)OC)c2C)cc1OCC. The molecule has 10 heteroatoms. The molecule has 0 bridgehead atoms. The Morgan fingerprint density at radius 2 is 1.68 bits per heavy atom. The van der Waals surface area contributed by atoms with Crippen LogP contribution in [0.3, 0.4) is 0 Å². The molecule has 0 saturated carbocycles. The zero-order valence-corrected chi connectivity index (χ0v) is 20.2. The summed E-state index contributed by atoms with van der Waals surface area (Å²) < 4.78 is 20.9. The van der Waals surface area contributed by atoms with Crippen molar-refractivity contribution in [1.29, 1.82) is 0 Å². The average Bonchev–Trinajstić information content (AvgIpc) is 3.11. The third-order valence-electron chi connectivity index (χ3n) is 4.95. The van der Waals surface area contributed by atoms with Crippen LogP contribution in [0.25, 0.3) is 0 Å². The number of aromatic amines is 1. The first kappa shape index (κ1) is 26.4. The van der Waals surface area contributed by atoms with Crippen LogP contribution in [0.2, 0.25) is 0 Å². The first-order valence-corrected chi connectivity index (χ1v) is 10.8. The number of rotatable bonds is 11. The largest absolute Gasteiger partial charge is 0.490 e. The van der Waals surface area contributed by atoms with Gasteiger partial charge in [-0.05, 0) is 58.4 Å². The fourth-order valence-electron chi connectivity index (χ4n) is 3.35. The number of carbonyl (C=O) groups is 4. The normalized spacial score (nSPS) is 11.4. The highest BCUT2D eigenvalue weighted by atomic mass is 16.5. The van der Waals surface area contributed by atoms with Gasteiger partial charge in [0.1, 0.15) is 6.54 Å². The number of amides is 1. The summed E-state index contributed by atoms with van der Waals surface area (Å²) in [4.78, 5) is 52.2. The maximum absolute atomic E-state index is 12.7. The fourth-order valence-corrected chi connectivity index (χ4v) is 3.35. The summed E-state index contributed by atoms with van der Waals surface area (Å²) in [5, 5.41) is 2.46. The van der Waals surface area contributed by atoms with Gasteiger partial charge in [-0.3, -0.25) is 14.4 Å². The lowest BCUT2D eigenvalue weighted by Gasteiger charge is -2.14. The van der Waals surface area contributed by atoms with Gasteiger partial charge in [0.15, 0.2) is 17.6 Å². The molecule has 1 amide bonds. The van der Waals surface area contributed by atoms with E-state index in [0.717, 1.165) is 0 Å². The summed E-state index contributed by atoms with van der Waals surface area (Å²) in [7, 11) is 1.25. The van der Waals surface area contributed by atoms with E-state index in [1.165, 1.54) is 20.1 Å². The summed E-state index contributed by atoms with van der Waals surface area (Å²) in [6.45, 7) is 8.70. The van der Waals surface area contributed by atoms with E-state index in [1.54, 1.807) is 26.0 Å². The molecule has 10 nitrogen and oxygen atoms in total. The Kier molecular flexibility index (Phi) is 9.23.